The molecule has 0 aliphatic carbocycles. The first-order valence-electron chi connectivity index (χ1n) is 6.55. The molecule has 0 radical (unpaired) electrons. The van der Waals surface area contributed by atoms with E-state index in [-0.39, 0.29) is 6.04 Å². The number of aryl methyl sites for hydroxylation is 2. The largest absolute Gasteiger partial charge is 0.496 e. The normalized spacial score (nSPS) is 25.2. The van der Waals surface area contributed by atoms with Crippen LogP contribution in [0.15, 0.2) is 12.1 Å². The summed E-state index contributed by atoms with van der Waals surface area (Å²) < 4.78 is 11.1. The lowest BCUT2D eigenvalue weighted by Crippen LogP contribution is -2.23. The zero-order chi connectivity index (χ0) is 13.3. The minimum absolute atomic E-state index is 0.00880. The third-order valence-electron chi connectivity index (χ3n) is 3.78. The van der Waals surface area contributed by atoms with E-state index in [1.807, 2.05) is 0 Å². The summed E-state index contributed by atoms with van der Waals surface area (Å²) in [6.07, 6.45) is 1.34. The Labute approximate surface area is 109 Å². The Morgan fingerprint density at radius 2 is 2.11 bits per heavy atom. The molecule has 18 heavy (non-hydrogen) atoms. The summed E-state index contributed by atoms with van der Waals surface area (Å²) in [7, 11) is 1.71. The molecule has 1 saturated heterocycles. The molecule has 1 fully saturated rings. The molecule has 1 heterocycles. The maximum Gasteiger partial charge on any atom is 0.124 e. The fourth-order valence-electron chi connectivity index (χ4n) is 2.87. The zero-order valence-electron chi connectivity index (χ0n) is 11.7. The van der Waals surface area contributed by atoms with Crippen LogP contribution in [-0.4, -0.2) is 19.8 Å². The van der Waals surface area contributed by atoms with Gasteiger partial charge in [-0.1, -0.05) is 6.07 Å². The van der Waals surface area contributed by atoms with Crippen molar-refractivity contribution in [1.29, 1.82) is 0 Å². The smallest absolute Gasteiger partial charge is 0.124 e. The maximum absolute atomic E-state index is 6.43. The van der Waals surface area contributed by atoms with E-state index in [0.717, 1.165) is 24.3 Å². The highest BCUT2D eigenvalue weighted by molar-refractivity contribution is 5.45. The van der Waals surface area contributed by atoms with E-state index in [1.54, 1.807) is 7.11 Å². The monoisotopic (exact) mass is 249 g/mol. The number of hydrogen-bond acceptors (Lipinski definition) is 3. The van der Waals surface area contributed by atoms with Crippen molar-refractivity contribution >= 4 is 0 Å². The van der Waals surface area contributed by atoms with E-state index in [1.165, 1.54) is 11.1 Å². The second kappa shape index (κ2) is 5.29. The van der Waals surface area contributed by atoms with Crippen LogP contribution >= 0.6 is 0 Å². The summed E-state index contributed by atoms with van der Waals surface area (Å²) in [6, 6.07) is 4.21. The van der Waals surface area contributed by atoms with E-state index < -0.39 is 0 Å². The van der Waals surface area contributed by atoms with Crippen molar-refractivity contribution < 1.29 is 9.47 Å². The molecule has 1 aromatic carbocycles. The van der Waals surface area contributed by atoms with Crippen molar-refractivity contribution in [2.45, 2.75) is 39.3 Å². The number of ether oxygens (including phenoxy) is 2. The van der Waals surface area contributed by atoms with Crippen LogP contribution in [0.4, 0.5) is 0 Å². The number of nitrogens with two attached hydrogens (primary N) is 1. The lowest BCUT2D eigenvalue weighted by Gasteiger charge is -2.23. The van der Waals surface area contributed by atoms with Gasteiger partial charge in [-0.15, -0.1) is 0 Å². The summed E-state index contributed by atoms with van der Waals surface area (Å²) in [5.41, 5.74) is 9.97. The van der Waals surface area contributed by atoms with Crippen LogP contribution in [-0.2, 0) is 4.74 Å². The second-order valence-corrected chi connectivity index (χ2v) is 5.36. The van der Waals surface area contributed by atoms with Crippen molar-refractivity contribution in [1.82, 2.24) is 0 Å². The average Bonchev–Trinajstić information content (AvgIpc) is 2.74. The Kier molecular flexibility index (Phi) is 3.93. The van der Waals surface area contributed by atoms with Crippen molar-refractivity contribution in [3.05, 3.63) is 28.8 Å². The molecule has 3 unspecified atom stereocenters. The highest BCUT2D eigenvalue weighted by Gasteiger charge is 2.30. The highest BCUT2D eigenvalue weighted by Crippen LogP contribution is 2.36. The SMILES string of the molecule is COc1cc(C)cc(C)c1C(N)C1COC(C)C1. The van der Waals surface area contributed by atoms with Gasteiger partial charge in [0.15, 0.2) is 0 Å². The predicted octanol–water partition coefficient (Wildman–Crippen LogP) is 2.74. The molecule has 0 aromatic heterocycles. The molecule has 0 saturated carbocycles. The average molecular weight is 249 g/mol. The molecule has 3 heteroatoms. The topological polar surface area (TPSA) is 44.5 Å². The second-order valence-electron chi connectivity index (χ2n) is 5.36. The van der Waals surface area contributed by atoms with Crippen LogP contribution in [0.1, 0.15) is 36.1 Å². The summed E-state index contributed by atoms with van der Waals surface area (Å²) in [6.45, 7) is 7.03. The molecule has 100 valence electrons. The summed E-state index contributed by atoms with van der Waals surface area (Å²) in [4.78, 5) is 0. The van der Waals surface area contributed by atoms with Crippen molar-refractivity contribution in [3.63, 3.8) is 0 Å². The molecule has 3 nitrogen and oxygen atoms in total. The van der Waals surface area contributed by atoms with Gasteiger partial charge >= 0.3 is 0 Å². The van der Waals surface area contributed by atoms with E-state index in [0.29, 0.717) is 12.0 Å². The Bertz CT molecular complexity index is 431. The van der Waals surface area contributed by atoms with Gasteiger partial charge in [-0.2, -0.15) is 0 Å². The van der Waals surface area contributed by atoms with Crippen LogP contribution in [0, 0.1) is 19.8 Å². The van der Waals surface area contributed by atoms with Gasteiger partial charge in [0.2, 0.25) is 0 Å². The summed E-state index contributed by atoms with van der Waals surface area (Å²) >= 11 is 0. The summed E-state index contributed by atoms with van der Waals surface area (Å²) in [5.74, 6) is 1.29. The van der Waals surface area contributed by atoms with E-state index in [9.17, 15) is 0 Å². The quantitative estimate of drug-likeness (QED) is 0.895. The number of benzene rings is 1. The van der Waals surface area contributed by atoms with Crippen LogP contribution in [0.25, 0.3) is 0 Å². The van der Waals surface area contributed by atoms with E-state index in [4.69, 9.17) is 15.2 Å². The first kappa shape index (κ1) is 13.4. The fourth-order valence-corrected chi connectivity index (χ4v) is 2.87. The molecular formula is C15H23NO2. The van der Waals surface area contributed by atoms with Crippen molar-refractivity contribution in [3.8, 4) is 5.75 Å². The Balaban J connectivity index is 2.32. The highest BCUT2D eigenvalue weighted by atomic mass is 16.5. The minimum atomic E-state index is -0.00880. The van der Waals surface area contributed by atoms with Gasteiger partial charge in [-0.3, -0.25) is 0 Å². The number of hydrogen-bond donors (Lipinski definition) is 1. The van der Waals surface area contributed by atoms with Crippen molar-refractivity contribution in [2.75, 3.05) is 13.7 Å². The predicted molar refractivity (Wildman–Crippen MR) is 72.9 cm³/mol. The molecule has 0 spiro atoms. The van der Waals surface area contributed by atoms with Crippen LogP contribution < -0.4 is 10.5 Å². The van der Waals surface area contributed by atoms with E-state index in [2.05, 4.69) is 32.9 Å². The molecule has 2 N–H and O–H groups in total. The van der Waals surface area contributed by atoms with Crippen LogP contribution in [0.2, 0.25) is 0 Å². The van der Waals surface area contributed by atoms with Gasteiger partial charge in [0.05, 0.1) is 19.8 Å². The number of methoxy groups -OCH3 is 1. The Morgan fingerprint density at radius 3 is 2.67 bits per heavy atom. The molecule has 1 aliphatic heterocycles. The van der Waals surface area contributed by atoms with Gasteiger partial charge in [0.25, 0.3) is 0 Å². The third kappa shape index (κ3) is 2.52. The minimum Gasteiger partial charge on any atom is -0.496 e. The standard InChI is InChI=1S/C15H23NO2/c1-9-5-10(2)14(13(6-9)17-4)15(16)12-7-11(3)18-8-12/h5-6,11-12,15H,7-8,16H2,1-4H3. The first-order chi connectivity index (χ1) is 8.52. The van der Waals surface area contributed by atoms with Gasteiger partial charge in [0, 0.05) is 17.5 Å². The first-order valence-corrected chi connectivity index (χ1v) is 6.55. The van der Waals surface area contributed by atoms with Gasteiger partial charge < -0.3 is 15.2 Å². The zero-order valence-corrected chi connectivity index (χ0v) is 11.7. The Morgan fingerprint density at radius 1 is 1.39 bits per heavy atom. The lowest BCUT2D eigenvalue weighted by atomic mass is 9.88. The molecule has 0 amide bonds. The molecule has 3 atom stereocenters. The van der Waals surface area contributed by atoms with Crippen molar-refractivity contribution in [2.24, 2.45) is 11.7 Å². The van der Waals surface area contributed by atoms with Crippen LogP contribution in [0.5, 0.6) is 5.75 Å². The third-order valence-corrected chi connectivity index (χ3v) is 3.78. The maximum atomic E-state index is 6.43. The lowest BCUT2D eigenvalue weighted by molar-refractivity contribution is 0.118. The summed E-state index contributed by atoms with van der Waals surface area (Å²) in [5, 5.41) is 0. The molecule has 1 aromatic rings. The fraction of sp³-hybridized carbons (Fsp3) is 0.600. The molecule has 0 bridgehead atoms. The van der Waals surface area contributed by atoms with Gasteiger partial charge in [0.1, 0.15) is 5.75 Å². The van der Waals surface area contributed by atoms with Crippen LogP contribution in [0.3, 0.4) is 0 Å². The van der Waals surface area contributed by atoms with E-state index >= 15 is 0 Å². The van der Waals surface area contributed by atoms with Gasteiger partial charge in [-0.25, -0.2) is 0 Å². The Hall–Kier alpha value is -1.06. The molecular weight excluding hydrogens is 226 g/mol. The van der Waals surface area contributed by atoms with Gasteiger partial charge in [-0.05, 0) is 44.4 Å². The molecule has 1 aliphatic rings. The number of rotatable bonds is 3. The molecule has 2 rings (SSSR count).